The average molecular weight is 303 g/mol. The van der Waals surface area contributed by atoms with Crippen LogP contribution in [0.4, 0.5) is 0 Å². The first-order valence-electron chi connectivity index (χ1n) is 7.85. The molecule has 2 aliphatic rings. The van der Waals surface area contributed by atoms with Crippen molar-refractivity contribution in [2.75, 3.05) is 26.3 Å². The lowest BCUT2D eigenvalue weighted by Gasteiger charge is -2.31. The third kappa shape index (κ3) is 3.14. The van der Waals surface area contributed by atoms with E-state index < -0.39 is 11.9 Å². The van der Waals surface area contributed by atoms with Crippen LogP contribution in [0.15, 0.2) is 24.3 Å². The van der Waals surface area contributed by atoms with E-state index in [1.54, 1.807) is 4.90 Å². The van der Waals surface area contributed by atoms with Gasteiger partial charge >= 0.3 is 5.97 Å². The number of carbonyl (C=O) groups excluding carboxylic acids is 1. The molecule has 5 heteroatoms. The predicted octanol–water partition coefficient (Wildman–Crippen LogP) is 2.13. The molecular formula is C17H21NO4. The van der Waals surface area contributed by atoms with Crippen LogP contribution in [0.1, 0.15) is 41.1 Å². The molecular weight excluding hydrogens is 282 g/mol. The summed E-state index contributed by atoms with van der Waals surface area (Å²) >= 11 is 0. The lowest BCUT2D eigenvalue weighted by atomic mass is 9.95. The second-order valence-electron chi connectivity index (χ2n) is 6.11. The Bertz CT molecular complexity index is 566. The van der Waals surface area contributed by atoms with Gasteiger partial charge in [0.1, 0.15) is 0 Å². The minimum Gasteiger partial charge on any atom is -0.481 e. The Hall–Kier alpha value is -1.88. The Balaban J connectivity index is 1.74. The van der Waals surface area contributed by atoms with Crippen LogP contribution in [0, 0.1) is 5.92 Å². The van der Waals surface area contributed by atoms with E-state index in [0.717, 1.165) is 25.0 Å². The zero-order chi connectivity index (χ0) is 15.5. The summed E-state index contributed by atoms with van der Waals surface area (Å²) < 4.78 is 5.41. The third-order valence-electron chi connectivity index (χ3n) is 4.59. The van der Waals surface area contributed by atoms with Crippen molar-refractivity contribution < 1.29 is 19.4 Å². The van der Waals surface area contributed by atoms with Crippen molar-refractivity contribution in [3.8, 4) is 0 Å². The number of carboxylic acids is 1. The van der Waals surface area contributed by atoms with Crippen LogP contribution in [0.2, 0.25) is 0 Å². The van der Waals surface area contributed by atoms with Crippen LogP contribution in [-0.2, 0) is 9.53 Å². The van der Waals surface area contributed by atoms with Crippen molar-refractivity contribution in [2.45, 2.75) is 25.2 Å². The van der Waals surface area contributed by atoms with Gasteiger partial charge in [-0.2, -0.15) is 0 Å². The van der Waals surface area contributed by atoms with Gasteiger partial charge in [-0.1, -0.05) is 12.1 Å². The maximum atomic E-state index is 12.6. The van der Waals surface area contributed by atoms with Gasteiger partial charge in [0.15, 0.2) is 0 Å². The van der Waals surface area contributed by atoms with E-state index in [9.17, 15) is 9.59 Å². The van der Waals surface area contributed by atoms with Gasteiger partial charge < -0.3 is 14.7 Å². The van der Waals surface area contributed by atoms with Crippen LogP contribution in [0.3, 0.4) is 0 Å². The van der Waals surface area contributed by atoms with Crippen molar-refractivity contribution in [3.05, 3.63) is 35.4 Å². The Morgan fingerprint density at radius 1 is 1.27 bits per heavy atom. The van der Waals surface area contributed by atoms with Crippen molar-refractivity contribution in [1.82, 2.24) is 4.90 Å². The monoisotopic (exact) mass is 303 g/mol. The largest absolute Gasteiger partial charge is 0.481 e. The number of amides is 1. The summed E-state index contributed by atoms with van der Waals surface area (Å²) in [5.41, 5.74) is 1.78. The van der Waals surface area contributed by atoms with Crippen LogP contribution >= 0.6 is 0 Å². The number of benzene rings is 1. The molecule has 2 fully saturated rings. The molecule has 1 amide bonds. The van der Waals surface area contributed by atoms with Gasteiger partial charge in [0, 0.05) is 31.2 Å². The van der Waals surface area contributed by atoms with E-state index >= 15 is 0 Å². The molecule has 1 unspecified atom stereocenters. The van der Waals surface area contributed by atoms with E-state index in [0.29, 0.717) is 37.6 Å². The van der Waals surface area contributed by atoms with Gasteiger partial charge in [0.05, 0.1) is 12.5 Å². The van der Waals surface area contributed by atoms with Gasteiger partial charge in [-0.05, 0) is 37.0 Å². The topological polar surface area (TPSA) is 66.8 Å². The maximum absolute atomic E-state index is 12.6. The molecule has 1 N–H and O–H groups in total. The van der Waals surface area contributed by atoms with Crippen LogP contribution in [-0.4, -0.2) is 48.2 Å². The first kappa shape index (κ1) is 15.0. The molecule has 0 bridgehead atoms. The number of nitrogens with zero attached hydrogens (tertiary/aromatic N) is 1. The van der Waals surface area contributed by atoms with Crippen molar-refractivity contribution in [3.63, 3.8) is 0 Å². The minimum atomic E-state index is -0.811. The molecule has 1 aromatic rings. The van der Waals surface area contributed by atoms with E-state index in [4.69, 9.17) is 9.84 Å². The second-order valence-corrected chi connectivity index (χ2v) is 6.11. The van der Waals surface area contributed by atoms with Gasteiger partial charge in [0.25, 0.3) is 5.91 Å². The van der Waals surface area contributed by atoms with Gasteiger partial charge in [0.2, 0.25) is 0 Å². The first-order chi connectivity index (χ1) is 10.6. The van der Waals surface area contributed by atoms with E-state index in [1.807, 2.05) is 24.3 Å². The second kappa shape index (κ2) is 6.48. The Morgan fingerprint density at radius 3 is 2.86 bits per heavy atom. The highest BCUT2D eigenvalue weighted by atomic mass is 16.5. The number of carbonyl (C=O) groups is 2. The Kier molecular flexibility index (Phi) is 4.43. The predicted molar refractivity (Wildman–Crippen MR) is 80.9 cm³/mol. The normalized spacial score (nSPS) is 25.2. The number of likely N-dealkylation sites (tertiary alicyclic amines) is 1. The lowest BCUT2D eigenvalue weighted by Crippen LogP contribution is -2.42. The molecule has 3 rings (SSSR count). The van der Waals surface area contributed by atoms with Crippen molar-refractivity contribution in [2.24, 2.45) is 5.92 Å². The standard InChI is InChI=1S/C17H21NO4/c19-16(18-7-2-5-14(10-18)17(20)21)13-4-1-3-12(9-13)15-6-8-22-11-15/h1,3-4,9,14-15H,2,5-8,10-11H2,(H,20,21)/t14-,15?/m0/s1. The summed E-state index contributed by atoms with van der Waals surface area (Å²) in [6.45, 7) is 2.43. The summed E-state index contributed by atoms with van der Waals surface area (Å²) in [5.74, 6) is -0.953. The summed E-state index contributed by atoms with van der Waals surface area (Å²) in [5, 5.41) is 9.14. The average Bonchev–Trinajstić information content (AvgIpc) is 3.09. The number of rotatable bonds is 3. The van der Waals surface area contributed by atoms with E-state index in [2.05, 4.69) is 0 Å². The molecule has 0 aliphatic carbocycles. The summed E-state index contributed by atoms with van der Waals surface area (Å²) in [4.78, 5) is 25.4. The number of carboxylic acid groups (broad SMARTS) is 1. The quantitative estimate of drug-likeness (QED) is 0.929. The Labute approximate surface area is 129 Å². The number of hydrogen-bond acceptors (Lipinski definition) is 3. The molecule has 2 heterocycles. The highest BCUT2D eigenvalue weighted by Crippen LogP contribution is 2.26. The van der Waals surface area contributed by atoms with Crippen LogP contribution in [0.5, 0.6) is 0 Å². The molecule has 0 spiro atoms. The molecule has 0 saturated carbocycles. The fourth-order valence-corrected chi connectivity index (χ4v) is 3.27. The molecule has 2 aliphatic heterocycles. The highest BCUT2D eigenvalue weighted by molar-refractivity contribution is 5.94. The maximum Gasteiger partial charge on any atom is 0.308 e. The lowest BCUT2D eigenvalue weighted by molar-refractivity contribution is -0.143. The fourth-order valence-electron chi connectivity index (χ4n) is 3.27. The summed E-state index contributed by atoms with van der Waals surface area (Å²) in [6, 6.07) is 7.68. The molecule has 0 aromatic heterocycles. The zero-order valence-corrected chi connectivity index (χ0v) is 12.5. The summed E-state index contributed by atoms with van der Waals surface area (Å²) in [6.07, 6.45) is 2.39. The number of ether oxygens (including phenoxy) is 1. The van der Waals surface area contributed by atoms with Crippen LogP contribution < -0.4 is 0 Å². The smallest absolute Gasteiger partial charge is 0.308 e. The molecule has 2 atom stereocenters. The highest BCUT2D eigenvalue weighted by Gasteiger charge is 2.29. The van der Waals surface area contributed by atoms with Crippen molar-refractivity contribution >= 4 is 11.9 Å². The summed E-state index contributed by atoms with van der Waals surface area (Å²) in [7, 11) is 0. The SMILES string of the molecule is O=C(O)[C@H]1CCCN(C(=O)c2cccc(C3CCOC3)c2)C1. The number of hydrogen-bond donors (Lipinski definition) is 1. The van der Waals surface area contributed by atoms with E-state index in [-0.39, 0.29) is 5.91 Å². The minimum absolute atomic E-state index is 0.0632. The van der Waals surface area contributed by atoms with Crippen molar-refractivity contribution in [1.29, 1.82) is 0 Å². The molecule has 118 valence electrons. The Morgan fingerprint density at radius 2 is 2.14 bits per heavy atom. The fraction of sp³-hybridized carbons (Fsp3) is 0.529. The molecule has 1 aromatic carbocycles. The number of piperidine rings is 1. The number of aliphatic carboxylic acids is 1. The van der Waals surface area contributed by atoms with Gasteiger partial charge in [-0.25, -0.2) is 0 Å². The first-order valence-corrected chi connectivity index (χ1v) is 7.85. The van der Waals surface area contributed by atoms with Gasteiger partial charge in [-0.3, -0.25) is 9.59 Å². The van der Waals surface area contributed by atoms with Crippen LogP contribution in [0.25, 0.3) is 0 Å². The van der Waals surface area contributed by atoms with E-state index in [1.165, 1.54) is 0 Å². The third-order valence-corrected chi connectivity index (χ3v) is 4.59. The van der Waals surface area contributed by atoms with Gasteiger partial charge in [-0.15, -0.1) is 0 Å². The molecule has 22 heavy (non-hydrogen) atoms. The zero-order valence-electron chi connectivity index (χ0n) is 12.5. The molecule has 2 saturated heterocycles. The molecule has 5 nitrogen and oxygen atoms in total. The molecule has 0 radical (unpaired) electrons.